The Morgan fingerprint density at radius 3 is 2.85 bits per heavy atom. The van der Waals surface area contributed by atoms with E-state index in [-0.39, 0.29) is 5.91 Å². The topological polar surface area (TPSA) is 62.1 Å². The average Bonchev–Trinajstić information content (AvgIpc) is 3.04. The van der Waals surface area contributed by atoms with Crippen LogP contribution in [0.3, 0.4) is 0 Å². The molecule has 5 heteroatoms. The molecule has 3 aromatic rings. The highest BCUT2D eigenvalue weighted by Gasteiger charge is 2.24. The number of thiophene rings is 1. The first-order valence-corrected chi connectivity index (χ1v) is 10.0. The van der Waals surface area contributed by atoms with Crippen LogP contribution in [0.2, 0.25) is 0 Å². The van der Waals surface area contributed by atoms with Crippen molar-refractivity contribution in [3.63, 3.8) is 0 Å². The number of nitriles is 1. The molecule has 0 saturated heterocycles. The number of ether oxygens (including phenoxy) is 1. The first kappa shape index (κ1) is 17.6. The van der Waals surface area contributed by atoms with E-state index in [1.165, 1.54) is 16.2 Å². The molecular formula is C22H20N2O2S. The molecule has 0 radical (unpaired) electrons. The van der Waals surface area contributed by atoms with Crippen molar-refractivity contribution in [2.45, 2.75) is 32.6 Å². The highest BCUT2D eigenvalue weighted by molar-refractivity contribution is 7.16. The molecule has 1 amide bonds. The summed E-state index contributed by atoms with van der Waals surface area (Å²) in [6, 6.07) is 13.9. The number of aryl methyl sites for hydroxylation is 1. The van der Waals surface area contributed by atoms with Crippen molar-refractivity contribution in [1.82, 2.24) is 0 Å². The van der Waals surface area contributed by atoms with Crippen molar-refractivity contribution in [3.8, 4) is 11.8 Å². The number of benzene rings is 2. The summed E-state index contributed by atoms with van der Waals surface area (Å²) in [4.78, 5) is 14.4. The highest BCUT2D eigenvalue weighted by Crippen LogP contribution is 2.38. The molecule has 136 valence electrons. The van der Waals surface area contributed by atoms with Crippen LogP contribution in [0.4, 0.5) is 5.00 Å². The van der Waals surface area contributed by atoms with Gasteiger partial charge in [-0.25, -0.2) is 0 Å². The molecule has 0 aliphatic heterocycles. The maximum atomic E-state index is 13.2. The zero-order valence-corrected chi connectivity index (χ0v) is 16.0. The molecular weight excluding hydrogens is 356 g/mol. The van der Waals surface area contributed by atoms with E-state index in [0.29, 0.717) is 28.5 Å². The summed E-state index contributed by atoms with van der Waals surface area (Å²) >= 11 is 1.54. The number of hydrogen-bond acceptors (Lipinski definition) is 4. The van der Waals surface area contributed by atoms with Gasteiger partial charge in [-0.2, -0.15) is 5.26 Å². The van der Waals surface area contributed by atoms with Crippen LogP contribution < -0.4 is 10.1 Å². The summed E-state index contributed by atoms with van der Waals surface area (Å²) < 4.78 is 5.72. The number of carbonyl (C=O) groups excluding carboxylic acids is 1. The first-order valence-electron chi connectivity index (χ1n) is 9.23. The fourth-order valence-electron chi connectivity index (χ4n) is 3.70. The molecule has 4 rings (SSSR count). The Hall–Kier alpha value is -2.84. The van der Waals surface area contributed by atoms with E-state index in [2.05, 4.69) is 11.4 Å². The van der Waals surface area contributed by atoms with Crippen LogP contribution in [-0.4, -0.2) is 12.5 Å². The summed E-state index contributed by atoms with van der Waals surface area (Å²) in [5, 5.41) is 15.1. The zero-order valence-electron chi connectivity index (χ0n) is 15.2. The molecule has 1 heterocycles. The molecule has 1 N–H and O–H groups in total. The summed E-state index contributed by atoms with van der Waals surface area (Å²) in [5.74, 6) is 0.332. The fraction of sp³-hybridized carbons (Fsp3) is 0.273. The van der Waals surface area contributed by atoms with E-state index in [4.69, 9.17) is 4.74 Å². The lowest BCUT2D eigenvalue weighted by Gasteiger charge is -2.13. The van der Waals surface area contributed by atoms with Crippen LogP contribution >= 0.6 is 11.3 Å². The number of nitrogens with one attached hydrogen (secondary N) is 1. The molecule has 1 aliphatic carbocycles. The maximum absolute atomic E-state index is 13.2. The van der Waals surface area contributed by atoms with Gasteiger partial charge in [-0.15, -0.1) is 11.3 Å². The first-order chi connectivity index (χ1) is 13.2. The Labute approximate surface area is 162 Å². The van der Waals surface area contributed by atoms with Gasteiger partial charge in [-0.3, -0.25) is 4.79 Å². The van der Waals surface area contributed by atoms with Crippen LogP contribution in [0.5, 0.6) is 5.75 Å². The van der Waals surface area contributed by atoms with E-state index in [1.807, 2.05) is 43.3 Å². The maximum Gasteiger partial charge on any atom is 0.260 e. The van der Waals surface area contributed by atoms with Crippen LogP contribution in [0.25, 0.3) is 10.8 Å². The Bertz CT molecular complexity index is 1060. The number of carbonyl (C=O) groups is 1. The fourth-order valence-corrected chi connectivity index (χ4v) is 4.93. The number of hydrogen-bond donors (Lipinski definition) is 1. The van der Waals surface area contributed by atoms with Gasteiger partial charge >= 0.3 is 0 Å². The van der Waals surface area contributed by atoms with Crippen molar-refractivity contribution in [3.05, 3.63) is 58.0 Å². The van der Waals surface area contributed by atoms with Crippen LogP contribution in [0.15, 0.2) is 36.4 Å². The number of nitrogens with zero attached hydrogens (tertiary/aromatic N) is 1. The molecule has 0 atom stereocenters. The number of rotatable bonds is 4. The molecule has 0 saturated carbocycles. The Balaban J connectivity index is 1.77. The second-order valence-corrected chi connectivity index (χ2v) is 7.68. The third-order valence-electron chi connectivity index (χ3n) is 4.93. The SMILES string of the molecule is CCOc1ccc2ccccc2c1C(=O)Nc1sc2c(c1C#N)CCCC2. The van der Waals surface area contributed by atoms with E-state index in [9.17, 15) is 10.1 Å². The zero-order chi connectivity index (χ0) is 18.8. The van der Waals surface area contributed by atoms with E-state index < -0.39 is 0 Å². The van der Waals surface area contributed by atoms with Gasteiger partial charge < -0.3 is 10.1 Å². The lowest BCUT2D eigenvalue weighted by Crippen LogP contribution is -2.14. The van der Waals surface area contributed by atoms with Gasteiger partial charge in [0.05, 0.1) is 17.7 Å². The Morgan fingerprint density at radius 1 is 1.22 bits per heavy atom. The van der Waals surface area contributed by atoms with E-state index >= 15 is 0 Å². The van der Waals surface area contributed by atoms with Gasteiger partial charge in [0.15, 0.2) is 0 Å². The predicted octanol–water partition coefficient (Wildman–Crippen LogP) is 5.30. The van der Waals surface area contributed by atoms with Crippen molar-refractivity contribution in [1.29, 1.82) is 5.26 Å². The lowest BCUT2D eigenvalue weighted by molar-refractivity contribution is 0.102. The molecule has 0 bridgehead atoms. The number of anilines is 1. The molecule has 27 heavy (non-hydrogen) atoms. The van der Waals surface area contributed by atoms with E-state index in [1.54, 1.807) is 0 Å². The van der Waals surface area contributed by atoms with E-state index in [0.717, 1.165) is 42.0 Å². The summed E-state index contributed by atoms with van der Waals surface area (Å²) in [5.41, 5.74) is 2.26. The smallest absolute Gasteiger partial charge is 0.260 e. The average molecular weight is 376 g/mol. The molecule has 0 spiro atoms. The molecule has 0 fully saturated rings. The quantitative estimate of drug-likeness (QED) is 0.672. The van der Waals surface area contributed by atoms with Gasteiger partial charge in [0.1, 0.15) is 16.8 Å². The monoisotopic (exact) mass is 376 g/mol. The van der Waals surface area contributed by atoms with Crippen molar-refractivity contribution >= 4 is 33.0 Å². The highest BCUT2D eigenvalue weighted by atomic mass is 32.1. The minimum absolute atomic E-state index is 0.231. The summed E-state index contributed by atoms with van der Waals surface area (Å²) in [6.45, 7) is 2.38. The number of fused-ring (bicyclic) bond motifs is 2. The van der Waals surface area contributed by atoms with Gasteiger partial charge in [-0.1, -0.05) is 30.3 Å². The predicted molar refractivity (Wildman–Crippen MR) is 109 cm³/mol. The molecule has 2 aromatic carbocycles. The Kier molecular flexibility index (Phi) is 4.83. The Morgan fingerprint density at radius 2 is 2.04 bits per heavy atom. The second-order valence-electron chi connectivity index (χ2n) is 6.57. The largest absolute Gasteiger partial charge is 0.493 e. The van der Waals surface area contributed by atoms with Crippen molar-refractivity contribution in [2.75, 3.05) is 11.9 Å². The standard InChI is InChI=1S/C22H20N2O2S/c1-2-26-18-12-11-14-7-3-4-8-15(14)20(18)21(25)24-22-17(13-23)16-9-5-6-10-19(16)27-22/h3-4,7-8,11-12H,2,5-6,9-10H2,1H3,(H,24,25). The van der Waals surface area contributed by atoms with Crippen LogP contribution in [0.1, 0.15) is 46.1 Å². The van der Waals surface area contributed by atoms with Gasteiger partial charge in [0.2, 0.25) is 0 Å². The summed E-state index contributed by atoms with van der Waals surface area (Å²) in [6.07, 6.45) is 4.15. The van der Waals surface area contributed by atoms with Crippen LogP contribution in [-0.2, 0) is 12.8 Å². The molecule has 0 unspecified atom stereocenters. The second kappa shape index (κ2) is 7.42. The molecule has 1 aromatic heterocycles. The van der Waals surface area contributed by atoms with Gasteiger partial charge in [0.25, 0.3) is 5.91 Å². The van der Waals surface area contributed by atoms with Crippen LogP contribution in [0, 0.1) is 11.3 Å². The van der Waals surface area contributed by atoms with Gasteiger partial charge in [-0.05, 0) is 55.0 Å². The van der Waals surface area contributed by atoms with Gasteiger partial charge in [0, 0.05) is 4.88 Å². The van der Waals surface area contributed by atoms with Crippen molar-refractivity contribution < 1.29 is 9.53 Å². The third-order valence-corrected chi connectivity index (χ3v) is 6.14. The molecule has 4 nitrogen and oxygen atoms in total. The normalized spacial score (nSPS) is 13.0. The number of amides is 1. The van der Waals surface area contributed by atoms with Crippen molar-refractivity contribution in [2.24, 2.45) is 0 Å². The molecule has 1 aliphatic rings. The summed E-state index contributed by atoms with van der Waals surface area (Å²) in [7, 11) is 0. The lowest BCUT2D eigenvalue weighted by atomic mass is 9.96. The minimum atomic E-state index is -0.231. The third kappa shape index (κ3) is 3.17. The minimum Gasteiger partial charge on any atom is -0.493 e.